The highest BCUT2D eigenvalue weighted by atomic mass is 16.5. The number of rotatable bonds is 65. The average molecular weight is 1580 g/mol. The molecule has 0 aromatic carbocycles. The number of carbonyl (C=O) groups is 10. The summed E-state index contributed by atoms with van der Waals surface area (Å²) in [6.45, 7) is 44.5. The van der Waals surface area contributed by atoms with Crippen molar-refractivity contribution in [3.63, 3.8) is 0 Å². The maximum atomic E-state index is 15.9. The highest BCUT2D eigenvalue weighted by Gasteiger charge is 2.45. The smallest absolute Gasteiger partial charge is 0.307 e. The second kappa shape index (κ2) is 55.5. The highest BCUT2D eigenvalue weighted by Crippen LogP contribution is 2.41. The molecule has 0 spiro atoms. The van der Waals surface area contributed by atoms with Crippen LogP contribution in [0.1, 0.15) is 188 Å². The Bertz CT molecular complexity index is 2700. The summed E-state index contributed by atoms with van der Waals surface area (Å²) in [5.74, 6) is -6.28. The molecule has 0 aromatic heterocycles. The van der Waals surface area contributed by atoms with E-state index in [-0.39, 0.29) is 117 Å². The van der Waals surface area contributed by atoms with Crippen LogP contribution in [0, 0.1) is 39.9 Å². The zero-order valence-electron chi connectivity index (χ0n) is 75.6. The fourth-order valence-electron chi connectivity index (χ4n) is 14.0. The van der Waals surface area contributed by atoms with Crippen LogP contribution in [0.25, 0.3) is 0 Å². The molecular formula is C84H165N15O12. The van der Waals surface area contributed by atoms with Gasteiger partial charge in [-0.2, -0.15) is 0 Å². The summed E-state index contributed by atoms with van der Waals surface area (Å²) in [6, 6.07) is 1.38. The molecule has 0 aliphatic rings. The van der Waals surface area contributed by atoms with Gasteiger partial charge in [-0.1, -0.05) is 61.8 Å². The summed E-state index contributed by atoms with van der Waals surface area (Å²) in [7, 11) is 22.5. The number of Topliss-reactive ketones (excluding diaryl/α,β-unsaturated/α-hetero) is 3. The second-order valence-electron chi connectivity index (χ2n) is 35.1. The summed E-state index contributed by atoms with van der Waals surface area (Å²) in [4.78, 5) is 168. The first-order chi connectivity index (χ1) is 51.7. The zero-order chi connectivity index (χ0) is 85.1. The van der Waals surface area contributed by atoms with Gasteiger partial charge in [0.25, 0.3) is 0 Å². The van der Waals surface area contributed by atoms with Crippen LogP contribution in [0.15, 0.2) is 0 Å². The van der Waals surface area contributed by atoms with Crippen LogP contribution in [-0.2, 0) is 57.4 Å². The van der Waals surface area contributed by atoms with E-state index in [0.717, 1.165) is 39.0 Å². The van der Waals surface area contributed by atoms with E-state index in [9.17, 15) is 33.6 Å². The maximum absolute atomic E-state index is 15.9. The van der Waals surface area contributed by atoms with Crippen molar-refractivity contribution in [3.8, 4) is 0 Å². The van der Waals surface area contributed by atoms with Crippen molar-refractivity contribution in [1.82, 2.24) is 74.7 Å². The Morgan fingerprint density at radius 3 is 1.03 bits per heavy atom. The normalized spacial score (nSPS) is 13.6. The predicted molar refractivity (Wildman–Crippen MR) is 449 cm³/mol. The van der Waals surface area contributed by atoms with Gasteiger partial charge in [-0.25, -0.2) is 0 Å². The van der Waals surface area contributed by atoms with E-state index in [0.29, 0.717) is 155 Å². The first-order valence-electron chi connectivity index (χ1n) is 41.8. The lowest BCUT2D eigenvalue weighted by atomic mass is 9.67. The van der Waals surface area contributed by atoms with E-state index in [2.05, 4.69) is 111 Å². The number of nitrogens with one attached hydrogen (secondary N) is 3. The highest BCUT2D eigenvalue weighted by molar-refractivity contribution is 5.95. The van der Waals surface area contributed by atoms with Gasteiger partial charge in [-0.05, 0) is 144 Å². The number of esters is 2. The first-order valence-corrected chi connectivity index (χ1v) is 41.8. The third-order valence-electron chi connectivity index (χ3n) is 22.3. The molecule has 0 aliphatic heterocycles. The number of likely N-dealkylation sites (N-methyl/N-ethyl adjacent to an activating group) is 12. The molecular weight excluding hydrogens is 1410 g/mol. The molecule has 0 fully saturated rings. The van der Waals surface area contributed by atoms with Crippen LogP contribution in [0.4, 0.5) is 0 Å². The van der Waals surface area contributed by atoms with Crippen molar-refractivity contribution < 1.29 is 57.4 Å². The van der Waals surface area contributed by atoms with Gasteiger partial charge in [0.15, 0.2) is 0 Å². The standard InChI is InChI=1S/C84H165N15O12/c1-29-31-34-87-79(107)70(60-75(103)95(26)49-45-90(21)39-35-85-17)62-83(13,14)73(101)58-71(81(109)97(28)51-47-91(22)40-36-86-18)63-84(15,16)78(106)69(59-74(102)94(25)50-46-92(23)43-41-88(19)37-32-76(104)110-55-53-98(64(3)4)65(5)6)61-82(11,12)72(100)57-68(30-2)80(108)96(27)52-48-93(24)44-42-89(20)38-33-77(105)111-56-54-99(66(7)8)67(9)10/h64-71,85-86H,29-63H2,1-28H3,(H,87,107). The third-order valence-corrected chi connectivity index (χ3v) is 22.3. The molecule has 4 atom stereocenters. The molecule has 0 saturated carbocycles. The largest absolute Gasteiger partial charge is 0.464 e. The Labute approximate surface area is 675 Å². The molecule has 27 nitrogen and oxygen atoms in total. The summed E-state index contributed by atoms with van der Waals surface area (Å²) in [6.07, 6.45) is 1.69. The average Bonchev–Trinajstić information content (AvgIpc) is 0.801. The van der Waals surface area contributed by atoms with E-state index in [1.54, 1.807) is 89.3 Å². The SMILES string of the molecule is CCCCNC(=O)C(CC(=O)N(C)CCN(C)CCNC)CC(C)(C)C(=O)CC(CC(C)(C)C(=O)C(CC(=O)N(C)CCN(C)CCN(C)CCC(=O)OCCN(C(C)C)C(C)C)CC(C)(C)C(=O)CC(CC)C(=O)N(C)CCN(C)CCN(C)CCC(=O)OCCN(C(C)C)C(C)C)C(=O)N(C)CCN(C)CCNC. The Kier molecular flexibility index (Phi) is 52.9. The van der Waals surface area contributed by atoms with Gasteiger partial charge >= 0.3 is 11.9 Å². The molecule has 648 valence electrons. The van der Waals surface area contributed by atoms with E-state index in [1.807, 2.05) is 70.2 Å². The topological polar surface area (TPSA) is 264 Å². The lowest BCUT2D eigenvalue weighted by molar-refractivity contribution is -0.145. The Morgan fingerprint density at radius 2 is 0.667 bits per heavy atom. The lowest BCUT2D eigenvalue weighted by Crippen LogP contribution is -2.45. The number of unbranched alkanes of at least 4 members (excludes halogenated alkanes) is 1. The van der Waals surface area contributed by atoms with Crippen LogP contribution in [0.5, 0.6) is 0 Å². The minimum Gasteiger partial charge on any atom is -0.464 e. The van der Waals surface area contributed by atoms with Crippen LogP contribution in [0.3, 0.4) is 0 Å². The van der Waals surface area contributed by atoms with E-state index < -0.39 is 39.9 Å². The monoisotopic (exact) mass is 1580 g/mol. The van der Waals surface area contributed by atoms with Gasteiger partial charge in [-0.15, -0.1) is 0 Å². The maximum Gasteiger partial charge on any atom is 0.307 e. The van der Waals surface area contributed by atoms with E-state index in [1.165, 1.54) is 0 Å². The van der Waals surface area contributed by atoms with Gasteiger partial charge in [0.1, 0.15) is 30.6 Å². The lowest BCUT2D eigenvalue weighted by Gasteiger charge is -2.37. The predicted octanol–water partition coefficient (Wildman–Crippen LogP) is 6.26. The zero-order valence-corrected chi connectivity index (χ0v) is 75.6. The molecule has 5 amide bonds. The second-order valence-corrected chi connectivity index (χ2v) is 35.1. The molecule has 3 N–H and O–H groups in total. The van der Waals surface area contributed by atoms with Gasteiger partial charge in [0, 0.05) is 255 Å². The van der Waals surface area contributed by atoms with Crippen molar-refractivity contribution in [2.24, 2.45) is 39.9 Å². The molecule has 0 bridgehead atoms. The number of ketones is 3. The Morgan fingerprint density at radius 1 is 0.351 bits per heavy atom. The molecule has 0 heterocycles. The Hall–Kier alpha value is -5.10. The number of ether oxygens (including phenoxy) is 2. The summed E-state index contributed by atoms with van der Waals surface area (Å²) >= 11 is 0. The fourth-order valence-corrected chi connectivity index (χ4v) is 14.0. The molecule has 0 saturated heterocycles. The molecule has 0 radical (unpaired) electrons. The van der Waals surface area contributed by atoms with E-state index >= 15 is 14.4 Å². The summed E-state index contributed by atoms with van der Waals surface area (Å²) in [5.41, 5.74) is -3.78. The number of amides is 5. The summed E-state index contributed by atoms with van der Waals surface area (Å²) in [5, 5.41) is 9.33. The molecule has 0 rings (SSSR count). The molecule has 0 aliphatic carbocycles. The molecule has 111 heavy (non-hydrogen) atoms. The number of hydrogen-bond donors (Lipinski definition) is 3. The number of nitrogens with zero attached hydrogens (tertiary/aromatic N) is 12. The minimum atomic E-state index is -1.35. The van der Waals surface area contributed by atoms with Crippen LogP contribution >= 0.6 is 0 Å². The van der Waals surface area contributed by atoms with Crippen LogP contribution < -0.4 is 16.0 Å². The van der Waals surface area contributed by atoms with Crippen molar-refractivity contribution in [3.05, 3.63) is 0 Å². The fraction of sp³-hybridized carbons (Fsp3) is 0.881. The van der Waals surface area contributed by atoms with Crippen molar-refractivity contribution in [2.45, 2.75) is 212 Å². The van der Waals surface area contributed by atoms with E-state index in [4.69, 9.17) is 9.47 Å². The van der Waals surface area contributed by atoms with Crippen molar-refractivity contribution >= 4 is 58.8 Å². The first kappa shape index (κ1) is 106. The molecule has 27 heteroatoms. The molecule has 0 aromatic rings. The minimum absolute atomic E-state index is 0.0275. The van der Waals surface area contributed by atoms with Gasteiger partial charge in [-0.3, -0.25) is 57.7 Å². The quantitative estimate of drug-likeness (QED) is 0.0448. The van der Waals surface area contributed by atoms with Crippen LogP contribution in [0.2, 0.25) is 0 Å². The third kappa shape index (κ3) is 44.0. The summed E-state index contributed by atoms with van der Waals surface area (Å²) < 4.78 is 11.2. The number of carbonyl (C=O) groups excluding carboxylic acids is 10. The van der Waals surface area contributed by atoms with Crippen molar-refractivity contribution in [2.75, 3.05) is 235 Å². The molecule has 4 unspecified atom stereocenters. The van der Waals surface area contributed by atoms with Gasteiger partial charge in [0.2, 0.25) is 29.5 Å². The van der Waals surface area contributed by atoms with Gasteiger partial charge in [0.05, 0.1) is 12.8 Å². The number of hydrogen-bond acceptors (Lipinski definition) is 22. The van der Waals surface area contributed by atoms with Crippen LogP contribution in [-0.4, -0.2) is 377 Å². The Balaban J connectivity index is 7.23. The van der Waals surface area contributed by atoms with Gasteiger partial charge < -0.3 is 74.4 Å². The van der Waals surface area contributed by atoms with Crippen molar-refractivity contribution in [1.29, 1.82) is 0 Å².